The molecule has 0 amide bonds. The van der Waals surface area contributed by atoms with Gasteiger partial charge in [0, 0.05) is 5.57 Å². The first-order chi connectivity index (χ1) is 9.53. The minimum absolute atomic E-state index is 0.0776. The predicted molar refractivity (Wildman–Crippen MR) is 90.0 cm³/mol. The van der Waals surface area contributed by atoms with Gasteiger partial charge in [0.1, 0.15) is 0 Å². The molecule has 2 nitrogen and oxygen atoms in total. The maximum Gasteiger partial charge on any atom is 0.0770 e. The number of aliphatic imine (C=N–C) groups is 1. The fourth-order valence-electron chi connectivity index (χ4n) is 2.56. The van der Waals surface area contributed by atoms with Crippen molar-refractivity contribution in [2.75, 3.05) is 0 Å². The van der Waals surface area contributed by atoms with Crippen molar-refractivity contribution < 1.29 is 0 Å². The summed E-state index contributed by atoms with van der Waals surface area (Å²) in [6.45, 7) is 12.7. The van der Waals surface area contributed by atoms with Crippen molar-refractivity contribution in [3.63, 3.8) is 0 Å². The van der Waals surface area contributed by atoms with Gasteiger partial charge < -0.3 is 5.41 Å². The number of rotatable bonds is 3. The summed E-state index contributed by atoms with van der Waals surface area (Å²) in [4.78, 5) is 4.95. The zero-order valence-corrected chi connectivity index (χ0v) is 13.8. The normalized spacial score (nSPS) is 24.6. The molecule has 1 heterocycles. The van der Waals surface area contributed by atoms with Gasteiger partial charge in [0.2, 0.25) is 0 Å². The molecule has 0 radical (unpaired) electrons. The number of hydrogen-bond acceptors (Lipinski definition) is 2. The Morgan fingerprint density at radius 3 is 2.15 bits per heavy atom. The second-order valence-electron chi connectivity index (χ2n) is 5.23. The highest BCUT2D eigenvalue weighted by Gasteiger charge is 2.30. The van der Waals surface area contributed by atoms with Gasteiger partial charge >= 0.3 is 0 Å². The summed E-state index contributed by atoms with van der Waals surface area (Å²) in [5.74, 6) is 0. The Balaban J connectivity index is 0.000000956. The quantitative estimate of drug-likeness (QED) is 0.680. The lowest BCUT2D eigenvalue weighted by atomic mass is 9.81. The first kappa shape index (κ1) is 16.6. The molecule has 2 rings (SSSR count). The zero-order valence-electron chi connectivity index (χ0n) is 13.8. The Hall–Kier alpha value is -1.44. The number of nitrogens with one attached hydrogen (secondary N) is 1. The average Bonchev–Trinajstić information content (AvgIpc) is 2.48. The fraction of sp³-hybridized carbons (Fsp3) is 0.556. The van der Waals surface area contributed by atoms with E-state index in [1.807, 2.05) is 26.0 Å². The number of nitrogens with zero attached hydrogens (tertiary/aromatic N) is 1. The van der Waals surface area contributed by atoms with Crippen LogP contribution in [-0.2, 0) is 0 Å². The first-order valence-electron chi connectivity index (χ1n) is 7.86. The lowest BCUT2D eigenvalue weighted by Gasteiger charge is -2.32. The second kappa shape index (κ2) is 6.83. The van der Waals surface area contributed by atoms with E-state index in [9.17, 15) is 0 Å². The molecule has 2 aliphatic rings. The van der Waals surface area contributed by atoms with Gasteiger partial charge in [0.25, 0.3) is 0 Å². The molecule has 1 aliphatic carbocycles. The molecule has 0 fully saturated rings. The summed E-state index contributed by atoms with van der Waals surface area (Å²) in [6.07, 6.45) is 9.16. The Morgan fingerprint density at radius 2 is 1.65 bits per heavy atom. The van der Waals surface area contributed by atoms with Crippen molar-refractivity contribution in [1.29, 1.82) is 5.41 Å². The summed E-state index contributed by atoms with van der Waals surface area (Å²) >= 11 is 0. The van der Waals surface area contributed by atoms with Gasteiger partial charge in [-0.2, -0.15) is 0 Å². The van der Waals surface area contributed by atoms with Gasteiger partial charge in [-0.15, -0.1) is 0 Å². The maximum absolute atomic E-state index is 7.92. The average molecular weight is 272 g/mol. The third-order valence-corrected chi connectivity index (χ3v) is 3.86. The smallest absolute Gasteiger partial charge is 0.0770 e. The SMILES string of the molecule is CC.CCC1=CC(C)(CC)N=C2C(CC)=CC(=N)C=C12. The number of hydrogen-bond donors (Lipinski definition) is 1. The fourth-order valence-corrected chi connectivity index (χ4v) is 2.56. The van der Waals surface area contributed by atoms with E-state index in [0.717, 1.165) is 25.0 Å². The van der Waals surface area contributed by atoms with Crippen molar-refractivity contribution in [2.45, 2.75) is 66.3 Å². The van der Waals surface area contributed by atoms with Crippen LogP contribution in [0.25, 0.3) is 0 Å². The molecule has 0 saturated heterocycles. The Labute approximate surface area is 123 Å². The van der Waals surface area contributed by atoms with Gasteiger partial charge in [0.05, 0.1) is 17.0 Å². The standard InChI is InChI=1S/C16H22N2.C2H6/c1-5-11-8-13(17)9-14-12(6-2)10-16(4,7-3)18-15(11)14;1-2/h8-10,17H,5-7H2,1-4H3;1-2H3. The molecule has 20 heavy (non-hydrogen) atoms. The van der Waals surface area contributed by atoms with Crippen molar-refractivity contribution in [3.8, 4) is 0 Å². The van der Waals surface area contributed by atoms with E-state index in [1.165, 1.54) is 16.7 Å². The molecule has 110 valence electrons. The molecular weight excluding hydrogens is 244 g/mol. The van der Waals surface area contributed by atoms with Gasteiger partial charge in [-0.25, -0.2) is 0 Å². The van der Waals surface area contributed by atoms with Crippen molar-refractivity contribution in [3.05, 3.63) is 34.9 Å². The summed E-state index contributed by atoms with van der Waals surface area (Å²) in [6, 6.07) is 0. The molecular formula is C18H28N2. The molecule has 1 atom stereocenters. The Morgan fingerprint density at radius 1 is 1.05 bits per heavy atom. The molecule has 0 aromatic carbocycles. The van der Waals surface area contributed by atoms with Crippen LogP contribution in [0.5, 0.6) is 0 Å². The highest BCUT2D eigenvalue weighted by molar-refractivity contribution is 6.25. The lowest BCUT2D eigenvalue weighted by Crippen LogP contribution is -2.29. The van der Waals surface area contributed by atoms with E-state index >= 15 is 0 Å². The van der Waals surface area contributed by atoms with Crippen LogP contribution < -0.4 is 0 Å². The van der Waals surface area contributed by atoms with Gasteiger partial charge in [-0.3, -0.25) is 4.99 Å². The van der Waals surface area contributed by atoms with Gasteiger partial charge in [0.15, 0.2) is 0 Å². The molecule has 0 saturated carbocycles. The minimum Gasteiger partial charge on any atom is -0.301 e. The van der Waals surface area contributed by atoms with Crippen LogP contribution >= 0.6 is 0 Å². The molecule has 0 aromatic rings. The zero-order chi connectivity index (χ0) is 15.3. The van der Waals surface area contributed by atoms with E-state index in [-0.39, 0.29) is 5.54 Å². The molecule has 1 N–H and O–H groups in total. The third kappa shape index (κ3) is 3.17. The summed E-state index contributed by atoms with van der Waals surface area (Å²) < 4.78 is 0. The van der Waals surface area contributed by atoms with Crippen LogP contribution in [0.3, 0.4) is 0 Å². The van der Waals surface area contributed by atoms with E-state index in [4.69, 9.17) is 10.4 Å². The van der Waals surface area contributed by atoms with E-state index in [2.05, 4.69) is 33.8 Å². The predicted octanol–water partition coefficient (Wildman–Crippen LogP) is 5.27. The van der Waals surface area contributed by atoms with Crippen LogP contribution in [0.4, 0.5) is 0 Å². The molecule has 1 unspecified atom stereocenters. The van der Waals surface area contributed by atoms with Crippen LogP contribution in [0.15, 0.2) is 39.9 Å². The summed E-state index contributed by atoms with van der Waals surface area (Å²) in [5.41, 5.74) is 5.36. The van der Waals surface area contributed by atoms with Crippen molar-refractivity contribution in [1.82, 2.24) is 0 Å². The van der Waals surface area contributed by atoms with Crippen LogP contribution in [0, 0.1) is 5.41 Å². The number of fused-ring (bicyclic) bond motifs is 1. The highest BCUT2D eigenvalue weighted by atomic mass is 14.9. The lowest BCUT2D eigenvalue weighted by molar-refractivity contribution is 0.558. The van der Waals surface area contributed by atoms with Crippen LogP contribution in [-0.4, -0.2) is 17.0 Å². The summed E-state index contributed by atoms with van der Waals surface area (Å²) in [7, 11) is 0. The molecule has 1 aliphatic heterocycles. The van der Waals surface area contributed by atoms with Crippen molar-refractivity contribution >= 4 is 11.4 Å². The number of dihydropyridines is 1. The molecule has 0 bridgehead atoms. The number of allylic oxidation sites excluding steroid dienone is 5. The topological polar surface area (TPSA) is 36.2 Å². The third-order valence-electron chi connectivity index (χ3n) is 3.86. The molecule has 0 spiro atoms. The summed E-state index contributed by atoms with van der Waals surface area (Å²) in [5, 5.41) is 7.92. The monoisotopic (exact) mass is 272 g/mol. The largest absolute Gasteiger partial charge is 0.301 e. The van der Waals surface area contributed by atoms with Gasteiger partial charge in [-0.05, 0) is 49.5 Å². The van der Waals surface area contributed by atoms with Gasteiger partial charge in [-0.1, -0.05) is 40.7 Å². The Bertz CT molecular complexity index is 504. The first-order valence-corrected chi connectivity index (χ1v) is 7.86. The molecule has 2 heteroatoms. The second-order valence-corrected chi connectivity index (χ2v) is 5.23. The van der Waals surface area contributed by atoms with E-state index < -0.39 is 0 Å². The minimum atomic E-state index is -0.0776. The Kier molecular flexibility index (Phi) is 5.67. The van der Waals surface area contributed by atoms with Crippen LogP contribution in [0.1, 0.15) is 60.8 Å². The van der Waals surface area contributed by atoms with Crippen LogP contribution in [0.2, 0.25) is 0 Å². The van der Waals surface area contributed by atoms with E-state index in [0.29, 0.717) is 5.71 Å². The maximum atomic E-state index is 7.92. The highest BCUT2D eigenvalue weighted by Crippen LogP contribution is 2.35. The van der Waals surface area contributed by atoms with E-state index in [1.54, 1.807) is 0 Å². The molecule has 0 aromatic heterocycles. The van der Waals surface area contributed by atoms with Crippen molar-refractivity contribution in [2.24, 2.45) is 4.99 Å².